The van der Waals surface area contributed by atoms with E-state index in [0.29, 0.717) is 12.2 Å². The van der Waals surface area contributed by atoms with Crippen LogP contribution in [-0.4, -0.2) is 5.78 Å². The summed E-state index contributed by atoms with van der Waals surface area (Å²) < 4.78 is 0. The highest BCUT2D eigenvalue weighted by Gasteiger charge is 2.36. The molecule has 1 unspecified atom stereocenters. The van der Waals surface area contributed by atoms with Gasteiger partial charge in [-0.05, 0) is 18.3 Å². The Morgan fingerprint density at radius 2 is 2.07 bits per heavy atom. The van der Waals surface area contributed by atoms with Gasteiger partial charge in [0.2, 0.25) is 0 Å². The Morgan fingerprint density at radius 1 is 1.47 bits per heavy atom. The predicted molar refractivity (Wildman–Crippen MR) is 64.7 cm³/mol. The molecule has 0 radical (unpaired) electrons. The van der Waals surface area contributed by atoms with E-state index in [9.17, 15) is 4.79 Å². The van der Waals surface area contributed by atoms with Crippen LogP contribution in [0.25, 0.3) is 0 Å². The third kappa shape index (κ3) is 2.80. The molecule has 0 aliphatic heterocycles. The quantitative estimate of drug-likeness (QED) is 0.640. The van der Waals surface area contributed by atoms with Gasteiger partial charge in [-0.3, -0.25) is 4.79 Å². The molecule has 1 atom stereocenters. The van der Waals surface area contributed by atoms with E-state index in [1.165, 1.54) is 0 Å². The fourth-order valence-electron chi connectivity index (χ4n) is 2.56. The van der Waals surface area contributed by atoms with Gasteiger partial charge in [-0.1, -0.05) is 51.5 Å². The Labute approximate surface area is 93.3 Å². The number of ketones is 1. The van der Waals surface area contributed by atoms with Crippen molar-refractivity contribution in [3.05, 3.63) is 24.3 Å². The molecule has 1 aliphatic rings. The number of allylic oxidation sites excluding steroid dienone is 2. The third-order valence-electron chi connectivity index (χ3n) is 3.07. The summed E-state index contributed by atoms with van der Waals surface area (Å²) in [4.78, 5) is 12.0. The number of rotatable bonds is 3. The predicted octanol–water partition coefficient (Wildman–Crippen LogP) is 3.90. The molecule has 0 saturated heterocycles. The van der Waals surface area contributed by atoms with Crippen LogP contribution in [0.2, 0.25) is 0 Å². The first-order valence-electron chi connectivity index (χ1n) is 5.75. The average molecular weight is 206 g/mol. The van der Waals surface area contributed by atoms with Crippen LogP contribution in [0, 0.1) is 11.3 Å². The second-order valence-corrected chi connectivity index (χ2v) is 5.48. The van der Waals surface area contributed by atoms with Gasteiger partial charge in [-0.25, -0.2) is 0 Å². The SMILES string of the molecule is C=C(CCC)C1C(=C)CC(C)(C)CC1=O. The summed E-state index contributed by atoms with van der Waals surface area (Å²) in [5.41, 5.74) is 2.22. The minimum absolute atomic E-state index is 0.0574. The number of hydrogen-bond donors (Lipinski definition) is 0. The molecular formula is C14H22O. The molecule has 0 spiro atoms. The van der Waals surface area contributed by atoms with Gasteiger partial charge < -0.3 is 0 Å². The van der Waals surface area contributed by atoms with E-state index in [2.05, 4.69) is 33.9 Å². The average Bonchev–Trinajstić information content (AvgIpc) is 1.99. The van der Waals surface area contributed by atoms with Gasteiger partial charge in [0.05, 0.1) is 5.92 Å². The summed E-state index contributed by atoms with van der Waals surface area (Å²) in [7, 11) is 0. The molecule has 15 heavy (non-hydrogen) atoms. The summed E-state index contributed by atoms with van der Waals surface area (Å²) in [6.45, 7) is 14.5. The van der Waals surface area contributed by atoms with Crippen molar-refractivity contribution in [1.29, 1.82) is 0 Å². The van der Waals surface area contributed by atoms with Crippen LogP contribution in [0.1, 0.15) is 46.5 Å². The molecular weight excluding hydrogens is 184 g/mol. The van der Waals surface area contributed by atoms with E-state index in [-0.39, 0.29) is 11.3 Å². The molecule has 0 bridgehead atoms. The molecule has 1 heteroatoms. The van der Waals surface area contributed by atoms with Crippen LogP contribution in [0.15, 0.2) is 24.3 Å². The highest BCUT2D eigenvalue weighted by molar-refractivity contribution is 5.88. The number of carbonyl (C=O) groups is 1. The van der Waals surface area contributed by atoms with E-state index in [4.69, 9.17) is 0 Å². The molecule has 84 valence electrons. The summed E-state index contributed by atoms with van der Waals surface area (Å²) in [5, 5.41) is 0. The van der Waals surface area contributed by atoms with Crippen molar-refractivity contribution in [3.63, 3.8) is 0 Å². The van der Waals surface area contributed by atoms with Crippen molar-refractivity contribution in [2.24, 2.45) is 11.3 Å². The first kappa shape index (κ1) is 12.2. The molecule has 1 rings (SSSR count). The van der Waals surface area contributed by atoms with E-state index < -0.39 is 0 Å². The summed E-state index contributed by atoms with van der Waals surface area (Å²) >= 11 is 0. The van der Waals surface area contributed by atoms with Crippen molar-refractivity contribution >= 4 is 5.78 Å². The van der Waals surface area contributed by atoms with Crippen LogP contribution < -0.4 is 0 Å². The molecule has 0 aromatic carbocycles. The van der Waals surface area contributed by atoms with Gasteiger partial charge in [0, 0.05) is 6.42 Å². The van der Waals surface area contributed by atoms with E-state index in [1.807, 2.05) is 0 Å². The maximum atomic E-state index is 12.0. The molecule has 0 N–H and O–H groups in total. The van der Waals surface area contributed by atoms with Gasteiger partial charge in [0.1, 0.15) is 5.78 Å². The highest BCUT2D eigenvalue weighted by atomic mass is 16.1. The second-order valence-electron chi connectivity index (χ2n) is 5.48. The van der Waals surface area contributed by atoms with Crippen molar-refractivity contribution in [3.8, 4) is 0 Å². The van der Waals surface area contributed by atoms with E-state index >= 15 is 0 Å². The second kappa shape index (κ2) is 4.34. The number of Topliss-reactive ketones (excluding diaryl/α,β-unsaturated/α-hetero) is 1. The first-order valence-corrected chi connectivity index (χ1v) is 5.75. The molecule has 0 aromatic heterocycles. The van der Waals surface area contributed by atoms with Crippen molar-refractivity contribution in [2.75, 3.05) is 0 Å². The van der Waals surface area contributed by atoms with Crippen LogP contribution in [-0.2, 0) is 4.79 Å². The number of hydrogen-bond acceptors (Lipinski definition) is 1. The van der Waals surface area contributed by atoms with Crippen molar-refractivity contribution in [2.45, 2.75) is 46.5 Å². The van der Waals surface area contributed by atoms with Crippen LogP contribution >= 0.6 is 0 Å². The monoisotopic (exact) mass is 206 g/mol. The van der Waals surface area contributed by atoms with Gasteiger partial charge >= 0.3 is 0 Å². The van der Waals surface area contributed by atoms with Crippen LogP contribution in [0.3, 0.4) is 0 Å². The maximum Gasteiger partial charge on any atom is 0.144 e. The van der Waals surface area contributed by atoms with Gasteiger partial charge in [0.25, 0.3) is 0 Å². The molecule has 1 aliphatic carbocycles. The maximum absolute atomic E-state index is 12.0. The largest absolute Gasteiger partial charge is 0.299 e. The van der Waals surface area contributed by atoms with Gasteiger partial charge in [0.15, 0.2) is 0 Å². The fourth-order valence-corrected chi connectivity index (χ4v) is 2.56. The normalized spacial score (nSPS) is 25.4. The Balaban J connectivity index is 2.80. The zero-order chi connectivity index (χ0) is 11.6. The Hall–Kier alpha value is -0.850. The smallest absolute Gasteiger partial charge is 0.144 e. The van der Waals surface area contributed by atoms with Gasteiger partial charge in [-0.2, -0.15) is 0 Å². The molecule has 1 fully saturated rings. The van der Waals surface area contributed by atoms with E-state index in [1.54, 1.807) is 0 Å². The Bertz CT molecular complexity index is 276. The summed E-state index contributed by atoms with van der Waals surface area (Å²) in [6.07, 6.45) is 3.61. The van der Waals surface area contributed by atoms with Crippen molar-refractivity contribution in [1.82, 2.24) is 0 Å². The lowest BCUT2D eigenvalue weighted by atomic mass is 9.68. The van der Waals surface area contributed by atoms with E-state index in [0.717, 1.165) is 30.4 Å². The summed E-state index contributed by atoms with van der Waals surface area (Å²) in [5.74, 6) is 0.257. The number of carbonyl (C=O) groups excluding carboxylic acids is 1. The minimum atomic E-state index is -0.0574. The van der Waals surface area contributed by atoms with Crippen molar-refractivity contribution < 1.29 is 4.79 Å². The lowest BCUT2D eigenvalue weighted by Gasteiger charge is -2.35. The highest BCUT2D eigenvalue weighted by Crippen LogP contribution is 2.41. The lowest BCUT2D eigenvalue weighted by molar-refractivity contribution is -0.124. The Morgan fingerprint density at radius 3 is 2.53 bits per heavy atom. The zero-order valence-corrected chi connectivity index (χ0v) is 10.2. The standard InChI is InChI=1S/C14H22O/c1-6-7-10(2)13-11(3)8-14(4,5)9-12(13)15/h13H,2-3,6-9H2,1,4-5H3. The topological polar surface area (TPSA) is 17.1 Å². The molecule has 0 heterocycles. The van der Waals surface area contributed by atoms with Crippen LogP contribution in [0.4, 0.5) is 0 Å². The molecule has 0 aromatic rings. The molecule has 1 saturated carbocycles. The zero-order valence-electron chi connectivity index (χ0n) is 10.2. The molecule has 0 amide bonds. The van der Waals surface area contributed by atoms with Gasteiger partial charge in [-0.15, -0.1) is 0 Å². The summed E-state index contributed by atoms with van der Waals surface area (Å²) in [6, 6.07) is 0. The van der Waals surface area contributed by atoms with Crippen LogP contribution in [0.5, 0.6) is 0 Å². The lowest BCUT2D eigenvalue weighted by Crippen LogP contribution is -2.32. The Kier molecular flexibility index (Phi) is 3.54. The third-order valence-corrected chi connectivity index (χ3v) is 3.07. The minimum Gasteiger partial charge on any atom is -0.299 e. The molecule has 1 nitrogen and oxygen atoms in total. The fraction of sp³-hybridized carbons (Fsp3) is 0.643. The first-order chi connectivity index (χ1) is 6.87.